The summed E-state index contributed by atoms with van der Waals surface area (Å²) in [6, 6.07) is 10.1. The second-order valence-corrected chi connectivity index (χ2v) is 7.75. The van der Waals surface area contributed by atoms with Crippen LogP contribution < -0.4 is 16.0 Å². The summed E-state index contributed by atoms with van der Waals surface area (Å²) in [7, 11) is 0. The van der Waals surface area contributed by atoms with Crippen molar-refractivity contribution < 1.29 is 14.1 Å². The number of nitrogens with zero attached hydrogens (tertiary/aromatic N) is 4. The van der Waals surface area contributed by atoms with Gasteiger partial charge in [0.1, 0.15) is 18.1 Å². The number of hydrogen-bond acceptors (Lipinski definition) is 8. The molecule has 1 fully saturated rings. The van der Waals surface area contributed by atoms with Crippen molar-refractivity contribution in [2.24, 2.45) is 5.73 Å². The van der Waals surface area contributed by atoms with Gasteiger partial charge >= 0.3 is 6.09 Å². The van der Waals surface area contributed by atoms with Gasteiger partial charge in [0.05, 0.1) is 12.1 Å². The Labute approximate surface area is 184 Å². The van der Waals surface area contributed by atoms with Crippen LogP contribution in [-0.2, 0) is 4.74 Å². The minimum Gasteiger partial charge on any atom is -0.447 e. The van der Waals surface area contributed by atoms with Gasteiger partial charge in [-0.2, -0.15) is 4.98 Å². The third kappa shape index (κ3) is 4.47. The van der Waals surface area contributed by atoms with Gasteiger partial charge < -0.3 is 20.3 Å². The molecule has 1 aromatic carbocycles. The van der Waals surface area contributed by atoms with E-state index in [-0.39, 0.29) is 24.7 Å². The van der Waals surface area contributed by atoms with Crippen molar-refractivity contribution >= 4 is 29.5 Å². The SMILES string of the molecule is CC[C@@H](N)[C@H]1COC(=O)N1c1ccnc(N[C@@H](C)c2cc(-c3ccc(Cl)cc3)on2)n1. The molecule has 1 amide bonds. The Bertz CT molecular complexity index is 1060. The number of cyclic esters (lactones) is 1. The highest BCUT2D eigenvalue weighted by Gasteiger charge is 2.38. The third-order valence-corrected chi connectivity index (χ3v) is 5.46. The Morgan fingerprint density at radius 1 is 1.32 bits per heavy atom. The average Bonchev–Trinajstić information content (AvgIpc) is 3.41. The first kappa shape index (κ1) is 21.1. The molecule has 4 rings (SSSR count). The largest absolute Gasteiger partial charge is 0.447 e. The number of hydrogen-bond donors (Lipinski definition) is 2. The molecule has 2 aromatic heterocycles. The van der Waals surface area contributed by atoms with E-state index in [0.717, 1.165) is 5.56 Å². The maximum absolute atomic E-state index is 12.3. The fourth-order valence-corrected chi connectivity index (χ4v) is 3.48. The van der Waals surface area contributed by atoms with Crippen LogP contribution in [0.2, 0.25) is 5.02 Å². The van der Waals surface area contributed by atoms with E-state index in [1.807, 2.05) is 32.0 Å². The van der Waals surface area contributed by atoms with Crippen LogP contribution in [0.1, 0.15) is 32.0 Å². The molecule has 3 heterocycles. The molecule has 31 heavy (non-hydrogen) atoms. The van der Waals surface area contributed by atoms with Crippen molar-refractivity contribution in [3.8, 4) is 11.3 Å². The molecule has 0 bridgehead atoms. The number of halogens is 1. The molecule has 1 aliphatic heterocycles. The molecule has 3 aromatic rings. The topological polar surface area (TPSA) is 119 Å². The molecule has 3 N–H and O–H groups in total. The predicted octanol–water partition coefficient (Wildman–Crippen LogP) is 4.02. The number of rotatable bonds is 7. The van der Waals surface area contributed by atoms with Crippen LogP contribution in [0.15, 0.2) is 47.1 Å². The van der Waals surface area contributed by atoms with E-state index in [1.54, 1.807) is 24.4 Å². The predicted molar refractivity (Wildman–Crippen MR) is 117 cm³/mol. The summed E-state index contributed by atoms with van der Waals surface area (Å²) in [5, 5.41) is 7.99. The summed E-state index contributed by atoms with van der Waals surface area (Å²) in [5.41, 5.74) is 7.72. The lowest BCUT2D eigenvalue weighted by Gasteiger charge is -2.25. The summed E-state index contributed by atoms with van der Waals surface area (Å²) in [4.78, 5) is 22.5. The number of benzene rings is 1. The van der Waals surface area contributed by atoms with Gasteiger partial charge in [-0.1, -0.05) is 23.7 Å². The highest BCUT2D eigenvalue weighted by molar-refractivity contribution is 6.30. The lowest BCUT2D eigenvalue weighted by atomic mass is 10.1. The lowest BCUT2D eigenvalue weighted by molar-refractivity contribution is 0.177. The Kier molecular flexibility index (Phi) is 6.06. The lowest BCUT2D eigenvalue weighted by Crippen LogP contribution is -2.46. The fourth-order valence-electron chi connectivity index (χ4n) is 3.35. The smallest absolute Gasteiger partial charge is 0.416 e. The Morgan fingerprint density at radius 2 is 2.10 bits per heavy atom. The first-order valence-corrected chi connectivity index (χ1v) is 10.4. The Hall–Kier alpha value is -3.17. The van der Waals surface area contributed by atoms with Gasteiger partial charge in [-0.15, -0.1) is 0 Å². The Balaban J connectivity index is 1.50. The van der Waals surface area contributed by atoms with Crippen LogP contribution in [0, 0.1) is 0 Å². The maximum Gasteiger partial charge on any atom is 0.416 e. The van der Waals surface area contributed by atoms with Gasteiger partial charge in [0, 0.05) is 28.9 Å². The summed E-state index contributed by atoms with van der Waals surface area (Å²) >= 11 is 5.94. The zero-order valence-electron chi connectivity index (χ0n) is 17.2. The van der Waals surface area contributed by atoms with Gasteiger partial charge in [-0.3, -0.25) is 4.90 Å². The molecule has 10 heteroatoms. The van der Waals surface area contributed by atoms with Crippen LogP contribution in [-0.4, -0.2) is 39.9 Å². The molecule has 0 aliphatic carbocycles. The number of aromatic nitrogens is 3. The summed E-state index contributed by atoms with van der Waals surface area (Å²) in [6.45, 7) is 4.12. The Morgan fingerprint density at radius 3 is 2.84 bits per heavy atom. The number of amides is 1. The van der Waals surface area contributed by atoms with Crippen LogP contribution >= 0.6 is 11.6 Å². The minimum absolute atomic E-state index is 0.210. The van der Waals surface area contributed by atoms with Crippen LogP contribution in [0.25, 0.3) is 11.3 Å². The van der Waals surface area contributed by atoms with Gasteiger partial charge in [-0.25, -0.2) is 9.78 Å². The third-order valence-electron chi connectivity index (χ3n) is 5.21. The number of nitrogens with two attached hydrogens (primary N) is 1. The summed E-state index contributed by atoms with van der Waals surface area (Å²) in [5.74, 6) is 1.42. The van der Waals surface area contributed by atoms with Gasteiger partial charge in [0.25, 0.3) is 0 Å². The first-order chi connectivity index (χ1) is 15.0. The van der Waals surface area contributed by atoms with E-state index in [0.29, 0.717) is 34.7 Å². The second-order valence-electron chi connectivity index (χ2n) is 7.31. The van der Waals surface area contributed by atoms with E-state index >= 15 is 0 Å². The van der Waals surface area contributed by atoms with Crippen molar-refractivity contribution in [3.63, 3.8) is 0 Å². The molecule has 0 unspecified atom stereocenters. The van der Waals surface area contributed by atoms with Crippen molar-refractivity contribution in [1.82, 2.24) is 15.1 Å². The minimum atomic E-state index is -0.462. The van der Waals surface area contributed by atoms with Crippen LogP contribution in [0.5, 0.6) is 0 Å². The van der Waals surface area contributed by atoms with Crippen LogP contribution in [0.4, 0.5) is 16.6 Å². The first-order valence-electron chi connectivity index (χ1n) is 10.00. The van der Waals surface area contributed by atoms with Crippen molar-refractivity contribution in [1.29, 1.82) is 0 Å². The van der Waals surface area contributed by atoms with E-state index < -0.39 is 6.09 Å². The maximum atomic E-state index is 12.3. The molecule has 162 valence electrons. The van der Waals surface area contributed by atoms with Crippen molar-refractivity contribution in [3.05, 3.63) is 53.3 Å². The van der Waals surface area contributed by atoms with E-state index in [4.69, 9.17) is 26.6 Å². The fraction of sp³-hybridized carbons (Fsp3) is 0.333. The van der Waals surface area contributed by atoms with Crippen LogP contribution in [0.3, 0.4) is 0 Å². The highest BCUT2D eigenvalue weighted by atomic mass is 35.5. The molecule has 0 saturated carbocycles. The van der Waals surface area contributed by atoms with Gasteiger partial charge in [0.2, 0.25) is 5.95 Å². The van der Waals surface area contributed by atoms with Gasteiger partial charge in [-0.05, 0) is 43.7 Å². The molecule has 9 nitrogen and oxygen atoms in total. The summed E-state index contributed by atoms with van der Waals surface area (Å²) in [6.07, 6.45) is 1.84. The van der Waals surface area contributed by atoms with E-state index in [1.165, 1.54) is 4.90 Å². The average molecular weight is 443 g/mol. The molecule has 1 saturated heterocycles. The number of nitrogens with one attached hydrogen (secondary N) is 1. The number of carbonyl (C=O) groups is 1. The van der Waals surface area contributed by atoms with Crippen molar-refractivity contribution in [2.75, 3.05) is 16.8 Å². The summed E-state index contributed by atoms with van der Waals surface area (Å²) < 4.78 is 10.7. The van der Waals surface area contributed by atoms with E-state index in [9.17, 15) is 4.79 Å². The number of ether oxygens (including phenoxy) is 1. The zero-order chi connectivity index (χ0) is 22.0. The van der Waals surface area contributed by atoms with E-state index in [2.05, 4.69) is 20.4 Å². The molecular weight excluding hydrogens is 420 g/mol. The zero-order valence-corrected chi connectivity index (χ0v) is 17.9. The van der Waals surface area contributed by atoms with Gasteiger partial charge in [0.15, 0.2) is 5.76 Å². The monoisotopic (exact) mass is 442 g/mol. The molecule has 0 radical (unpaired) electrons. The highest BCUT2D eigenvalue weighted by Crippen LogP contribution is 2.27. The normalized spacial score (nSPS) is 18.0. The molecule has 3 atom stereocenters. The van der Waals surface area contributed by atoms with Crippen molar-refractivity contribution in [2.45, 2.75) is 38.4 Å². The molecule has 0 spiro atoms. The number of carbonyl (C=O) groups excluding carboxylic acids is 1. The molecular formula is C21H23ClN6O3. The molecule has 1 aliphatic rings. The number of anilines is 2. The standard InChI is InChI=1S/C21H23ClN6O3/c1-3-15(23)17-11-30-21(29)28(17)19-8-9-24-20(26-19)25-12(2)16-10-18(31-27-16)13-4-6-14(22)7-5-13/h4-10,12,15,17H,3,11,23H2,1-2H3,(H,24,25,26)/t12-,15+,17+/m0/s1. The quantitative estimate of drug-likeness (QED) is 0.563. The second kappa shape index (κ2) is 8.91.